The van der Waals surface area contributed by atoms with Gasteiger partial charge >= 0.3 is 0 Å². The van der Waals surface area contributed by atoms with Crippen molar-refractivity contribution in [3.8, 4) is 5.75 Å². The molecule has 2 aromatic carbocycles. The second kappa shape index (κ2) is 6.62. The number of ether oxygens (including phenoxy) is 1. The second-order valence-corrected chi connectivity index (χ2v) is 3.89. The van der Waals surface area contributed by atoms with Crippen LogP contribution in [0.5, 0.6) is 5.75 Å². The van der Waals surface area contributed by atoms with Crippen molar-refractivity contribution in [2.45, 2.75) is 0 Å². The number of aliphatic hydroxyl groups excluding tert-OH is 1. The lowest BCUT2D eigenvalue weighted by Gasteiger charge is -2.03. The van der Waals surface area contributed by atoms with E-state index in [-0.39, 0.29) is 6.61 Å². The van der Waals surface area contributed by atoms with Crippen LogP contribution in [0.2, 0.25) is 0 Å². The molecular weight excluding hydrogens is 224 g/mol. The first-order valence-electron chi connectivity index (χ1n) is 5.95. The molecule has 18 heavy (non-hydrogen) atoms. The van der Waals surface area contributed by atoms with Gasteiger partial charge in [0.15, 0.2) is 0 Å². The number of aliphatic hydroxyl groups is 1. The molecule has 0 bridgehead atoms. The summed E-state index contributed by atoms with van der Waals surface area (Å²) in [4.78, 5) is 0. The van der Waals surface area contributed by atoms with E-state index in [0.29, 0.717) is 6.61 Å². The highest BCUT2D eigenvalue weighted by molar-refractivity contribution is 5.69. The van der Waals surface area contributed by atoms with E-state index in [0.717, 1.165) is 11.3 Å². The molecular formula is C16H16O2. The first-order chi connectivity index (χ1) is 8.88. The van der Waals surface area contributed by atoms with Crippen molar-refractivity contribution < 1.29 is 9.84 Å². The van der Waals surface area contributed by atoms with Crippen LogP contribution in [-0.4, -0.2) is 18.3 Å². The average molecular weight is 240 g/mol. The molecule has 0 aliphatic heterocycles. The Morgan fingerprint density at radius 1 is 0.833 bits per heavy atom. The molecule has 1 N–H and O–H groups in total. The van der Waals surface area contributed by atoms with Crippen LogP contribution in [0.1, 0.15) is 11.1 Å². The van der Waals surface area contributed by atoms with Crippen LogP contribution in [0.4, 0.5) is 0 Å². The fourth-order valence-corrected chi connectivity index (χ4v) is 1.60. The lowest BCUT2D eigenvalue weighted by atomic mass is 10.1. The fourth-order valence-electron chi connectivity index (χ4n) is 1.60. The van der Waals surface area contributed by atoms with Crippen LogP contribution in [-0.2, 0) is 0 Å². The molecule has 0 aromatic heterocycles. The summed E-state index contributed by atoms with van der Waals surface area (Å²) in [5.41, 5.74) is 2.30. The third-order valence-corrected chi connectivity index (χ3v) is 2.51. The monoisotopic (exact) mass is 240 g/mol. The molecule has 0 unspecified atom stereocenters. The Hall–Kier alpha value is -2.06. The molecule has 2 heteroatoms. The normalized spacial score (nSPS) is 10.7. The molecule has 0 aliphatic rings. The molecule has 0 radical (unpaired) electrons. The molecule has 2 nitrogen and oxygen atoms in total. The van der Waals surface area contributed by atoms with Gasteiger partial charge in [0, 0.05) is 0 Å². The average Bonchev–Trinajstić information content (AvgIpc) is 2.45. The quantitative estimate of drug-likeness (QED) is 0.813. The Morgan fingerprint density at radius 3 is 2.06 bits per heavy atom. The summed E-state index contributed by atoms with van der Waals surface area (Å²) in [6.07, 6.45) is 4.13. The first-order valence-corrected chi connectivity index (χ1v) is 5.95. The van der Waals surface area contributed by atoms with Gasteiger partial charge in [-0.3, -0.25) is 0 Å². The molecule has 0 heterocycles. The molecule has 0 aliphatic carbocycles. The Bertz CT molecular complexity index is 486. The van der Waals surface area contributed by atoms with E-state index in [1.165, 1.54) is 5.56 Å². The second-order valence-electron chi connectivity index (χ2n) is 3.89. The SMILES string of the molecule is OCCOc1ccc(/C=C/c2ccccc2)cc1. The maximum atomic E-state index is 8.66. The van der Waals surface area contributed by atoms with E-state index in [2.05, 4.69) is 24.3 Å². The molecule has 0 atom stereocenters. The van der Waals surface area contributed by atoms with Crippen molar-refractivity contribution in [2.75, 3.05) is 13.2 Å². The summed E-state index contributed by atoms with van der Waals surface area (Å²) in [7, 11) is 0. The minimum Gasteiger partial charge on any atom is -0.491 e. The Morgan fingerprint density at radius 2 is 1.44 bits per heavy atom. The van der Waals surface area contributed by atoms with Crippen LogP contribution < -0.4 is 4.74 Å². The molecule has 2 aromatic rings. The van der Waals surface area contributed by atoms with Gasteiger partial charge in [-0.05, 0) is 23.3 Å². The Balaban J connectivity index is 2.00. The largest absolute Gasteiger partial charge is 0.491 e. The molecule has 0 saturated carbocycles. The lowest BCUT2D eigenvalue weighted by Crippen LogP contribution is -2.01. The molecule has 0 spiro atoms. The van der Waals surface area contributed by atoms with Gasteiger partial charge in [-0.2, -0.15) is 0 Å². The predicted molar refractivity (Wildman–Crippen MR) is 74.4 cm³/mol. The number of benzene rings is 2. The van der Waals surface area contributed by atoms with Gasteiger partial charge in [-0.15, -0.1) is 0 Å². The summed E-state index contributed by atoms with van der Waals surface area (Å²) in [6.45, 7) is 0.370. The number of rotatable bonds is 5. The van der Waals surface area contributed by atoms with Crippen LogP contribution in [0, 0.1) is 0 Å². The summed E-state index contributed by atoms with van der Waals surface area (Å²) in [6, 6.07) is 18.0. The fraction of sp³-hybridized carbons (Fsp3) is 0.125. The van der Waals surface area contributed by atoms with Gasteiger partial charge in [0.05, 0.1) is 6.61 Å². The van der Waals surface area contributed by atoms with Crippen molar-refractivity contribution in [3.05, 3.63) is 65.7 Å². The number of hydrogen-bond acceptors (Lipinski definition) is 2. The van der Waals surface area contributed by atoms with E-state index in [1.807, 2.05) is 42.5 Å². The summed E-state index contributed by atoms with van der Waals surface area (Å²) in [5.74, 6) is 0.779. The zero-order valence-corrected chi connectivity index (χ0v) is 10.1. The van der Waals surface area contributed by atoms with Crippen molar-refractivity contribution in [3.63, 3.8) is 0 Å². The maximum Gasteiger partial charge on any atom is 0.119 e. The van der Waals surface area contributed by atoms with E-state index < -0.39 is 0 Å². The topological polar surface area (TPSA) is 29.5 Å². The lowest BCUT2D eigenvalue weighted by molar-refractivity contribution is 0.201. The van der Waals surface area contributed by atoms with Crippen molar-refractivity contribution in [2.24, 2.45) is 0 Å². The van der Waals surface area contributed by atoms with Crippen molar-refractivity contribution in [1.29, 1.82) is 0 Å². The summed E-state index contributed by atoms with van der Waals surface area (Å²) in [5, 5.41) is 8.66. The highest BCUT2D eigenvalue weighted by Gasteiger charge is 1.92. The van der Waals surface area contributed by atoms with E-state index in [4.69, 9.17) is 9.84 Å². The zero-order chi connectivity index (χ0) is 12.6. The molecule has 0 saturated heterocycles. The van der Waals surface area contributed by atoms with Crippen LogP contribution in [0.25, 0.3) is 12.2 Å². The Kier molecular flexibility index (Phi) is 4.56. The molecule has 0 amide bonds. The minimum absolute atomic E-state index is 0.0374. The van der Waals surface area contributed by atoms with Crippen molar-refractivity contribution in [1.82, 2.24) is 0 Å². The first kappa shape index (κ1) is 12.4. The third-order valence-electron chi connectivity index (χ3n) is 2.51. The Labute approximate surface area is 107 Å². The minimum atomic E-state index is 0.0374. The van der Waals surface area contributed by atoms with E-state index in [9.17, 15) is 0 Å². The van der Waals surface area contributed by atoms with Gasteiger partial charge in [0.2, 0.25) is 0 Å². The highest BCUT2D eigenvalue weighted by Crippen LogP contribution is 2.14. The zero-order valence-electron chi connectivity index (χ0n) is 10.1. The van der Waals surface area contributed by atoms with Gasteiger partial charge in [-0.1, -0.05) is 54.6 Å². The maximum absolute atomic E-state index is 8.66. The van der Waals surface area contributed by atoms with Crippen LogP contribution in [0.3, 0.4) is 0 Å². The summed E-state index contributed by atoms with van der Waals surface area (Å²) < 4.78 is 5.30. The third kappa shape index (κ3) is 3.75. The molecule has 2 rings (SSSR count). The smallest absolute Gasteiger partial charge is 0.119 e. The summed E-state index contributed by atoms with van der Waals surface area (Å²) >= 11 is 0. The standard InChI is InChI=1S/C16H16O2/c17-12-13-18-16-10-8-15(9-11-16)7-6-14-4-2-1-3-5-14/h1-11,17H,12-13H2/b7-6+. The molecule has 0 fully saturated rings. The number of hydrogen-bond donors (Lipinski definition) is 1. The predicted octanol–water partition coefficient (Wildman–Crippen LogP) is 3.23. The van der Waals surface area contributed by atoms with Gasteiger partial charge in [0.1, 0.15) is 12.4 Å². The van der Waals surface area contributed by atoms with Gasteiger partial charge in [-0.25, -0.2) is 0 Å². The van der Waals surface area contributed by atoms with Crippen LogP contribution in [0.15, 0.2) is 54.6 Å². The van der Waals surface area contributed by atoms with E-state index in [1.54, 1.807) is 0 Å². The van der Waals surface area contributed by atoms with Gasteiger partial charge < -0.3 is 9.84 Å². The molecule has 92 valence electrons. The van der Waals surface area contributed by atoms with Gasteiger partial charge in [0.25, 0.3) is 0 Å². The van der Waals surface area contributed by atoms with E-state index >= 15 is 0 Å². The van der Waals surface area contributed by atoms with Crippen LogP contribution >= 0.6 is 0 Å². The highest BCUT2D eigenvalue weighted by atomic mass is 16.5. The van der Waals surface area contributed by atoms with Crippen molar-refractivity contribution >= 4 is 12.2 Å².